The Labute approximate surface area is 111 Å². The Balaban J connectivity index is 2.01. The molecule has 1 aromatic heterocycles. The number of nitrogens with zero attached hydrogens (tertiary/aromatic N) is 3. The average molecular weight is 240 g/mol. The van der Waals surface area contributed by atoms with Gasteiger partial charge in [-0.05, 0) is 32.6 Å². The van der Waals surface area contributed by atoms with Crippen molar-refractivity contribution in [2.24, 2.45) is 0 Å². The molecule has 0 saturated carbocycles. The molecule has 2 fully saturated rings. The predicted octanol–water partition coefficient (Wildman–Crippen LogP) is 2.17. The van der Waals surface area contributed by atoms with Crippen LogP contribution in [0.25, 0.3) is 0 Å². The number of nitrogens with one attached hydrogen (secondary N) is 1. The van der Waals surface area contributed by atoms with E-state index in [9.17, 15) is 0 Å². The first-order valence-corrected chi connectivity index (χ1v) is 6.25. The highest BCUT2D eigenvalue weighted by Gasteiger charge is 2.35. The number of hydrogen-bond acceptors (Lipinski definition) is 3. The summed E-state index contributed by atoms with van der Waals surface area (Å²) < 4.78 is 47.8. The molecule has 0 aliphatic carbocycles. The van der Waals surface area contributed by atoms with Gasteiger partial charge in [-0.15, -0.1) is 10.2 Å². The second-order valence-corrected chi connectivity index (χ2v) is 5.17. The van der Waals surface area contributed by atoms with E-state index in [0.29, 0.717) is 17.9 Å². The Morgan fingerprint density at radius 2 is 2.00 bits per heavy atom. The van der Waals surface area contributed by atoms with Crippen LogP contribution in [0.5, 0.6) is 0 Å². The monoisotopic (exact) mass is 240 g/mol. The molecule has 3 atom stereocenters. The largest absolute Gasteiger partial charge is 0.312 e. The second kappa shape index (κ2) is 4.09. The summed E-state index contributed by atoms with van der Waals surface area (Å²) in [7, 11) is 0. The maximum Gasteiger partial charge on any atom is 0.135 e. The minimum atomic E-state index is -2.64. The van der Waals surface area contributed by atoms with Gasteiger partial charge in [-0.25, -0.2) is 0 Å². The van der Waals surface area contributed by atoms with Crippen molar-refractivity contribution in [2.75, 3.05) is 0 Å². The van der Waals surface area contributed by atoms with Gasteiger partial charge >= 0.3 is 0 Å². The van der Waals surface area contributed by atoms with E-state index < -0.39 is 19.6 Å². The van der Waals surface area contributed by atoms with Crippen LogP contribution in [0.1, 0.15) is 71.2 Å². The van der Waals surface area contributed by atoms with Crippen LogP contribution in [0.2, 0.25) is 0 Å². The van der Waals surface area contributed by atoms with Crippen LogP contribution in [0, 0.1) is 6.92 Å². The summed E-state index contributed by atoms with van der Waals surface area (Å²) in [4.78, 5) is 0. The Kier molecular flexibility index (Phi) is 1.52. The first-order valence-electron chi connectivity index (χ1n) is 9.25. The fraction of sp³-hybridized carbons (Fsp3) is 0.846. The summed E-state index contributed by atoms with van der Waals surface area (Å²) >= 11 is 0. The zero-order valence-corrected chi connectivity index (χ0v) is 9.98. The third kappa shape index (κ3) is 1.88. The molecule has 0 spiro atoms. The van der Waals surface area contributed by atoms with Crippen molar-refractivity contribution in [3.63, 3.8) is 0 Å². The van der Waals surface area contributed by atoms with E-state index in [4.69, 9.17) is 8.22 Å². The van der Waals surface area contributed by atoms with Crippen LogP contribution in [0.15, 0.2) is 0 Å². The third-order valence-electron chi connectivity index (χ3n) is 3.96. The van der Waals surface area contributed by atoms with Crippen LogP contribution < -0.4 is 5.32 Å². The molecular weight excluding hydrogens is 212 g/mol. The molecule has 3 rings (SSSR count). The van der Waals surface area contributed by atoms with Gasteiger partial charge in [0.15, 0.2) is 0 Å². The summed E-state index contributed by atoms with van der Waals surface area (Å²) in [5.41, 5.74) is 0. The molecule has 3 heterocycles. The molecule has 0 amide bonds. The fourth-order valence-electron chi connectivity index (χ4n) is 3.27. The highest BCUT2D eigenvalue weighted by Crippen LogP contribution is 2.35. The van der Waals surface area contributed by atoms with Gasteiger partial charge < -0.3 is 9.88 Å². The van der Waals surface area contributed by atoms with E-state index in [1.54, 1.807) is 11.5 Å². The molecule has 0 aromatic carbocycles. The summed E-state index contributed by atoms with van der Waals surface area (Å²) in [6, 6.07) is 0.880. The van der Waals surface area contributed by atoms with Crippen molar-refractivity contribution >= 4 is 0 Å². The molecular formula is C13H22N4. The lowest BCUT2D eigenvalue weighted by atomic mass is 9.98. The Morgan fingerprint density at radius 1 is 1.29 bits per heavy atom. The van der Waals surface area contributed by atoms with Gasteiger partial charge in [-0.3, -0.25) is 0 Å². The van der Waals surface area contributed by atoms with E-state index in [-0.39, 0.29) is 11.9 Å². The van der Waals surface area contributed by atoms with E-state index in [1.807, 2.05) is 0 Å². The third-order valence-corrected chi connectivity index (χ3v) is 3.96. The number of hydrogen-bond donors (Lipinski definition) is 1. The molecule has 1 unspecified atom stereocenters. The second-order valence-electron chi connectivity index (χ2n) is 5.17. The van der Waals surface area contributed by atoms with Crippen molar-refractivity contribution in [3.05, 3.63) is 11.6 Å². The maximum absolute atomic E-state index is 7.67. The minimum absolute atomic E-state index is 0.0611. The molecule has 4 heteroatoms. The van der Waals surface area contributed by atoms with Gasteiger partial charge in [0.2, 0.25) is 0 Å². The van der Waals surface area contributed by atoms with E-state index in [0.717, 1.165) is 25.7 Å². The molecule has 94 valence electrons. The Morgan fingerprint density at radius 3 is 2.65 bits per heavy atom. The van der Waals surface area contributed by atoms with E-state index >= 15 is 0 Å². The lowest BCUT2D eigenvalue weighted by Gasteiger charge is -2.31. The summed E-state index contributed by atoms with van der Waals surface area (Å²) in [5.74, 6) is -0.942. The van der Waals surface area contributed by atoms with Crippen LogP contribution >= 0.6 is 0 Å². The zero-order valence-electron chi connectivity index (χ0n) is 16.0. The first-order chi connectivity index (χ1) is 10.6. The van der Waals surface area contributed by atoms with Gasteiger partial charge in [0.25, 0.3) is 0 Å². The summed E-state index contributed by atoms with van der Waals surface area (Å²) in [6.45, 7) is -3.53. The number of fused-ring (bicyclic) bond motifs is 2. The van der Waals surface area contributed by atoms with Crippen molar-refractivity contribution in [2.45, 2.75) is 70.4 Å². The number of piperidine rings is 1. The van der Waals surface area contributed by atoms with Crippen LogP contribution in [0.3, 0.4) is 0 Å². The van der Waals surface area contributed by atoms with Crippen LogP contribution in [-0.4, -0.2) is 26.8 Å². The molecule has 17 heavy (non-hydrogen) atoms. The first kappa shape index (κ1) is 6.32. The van der Waals surface area contributed by atoms with Crippen molar-refractivity contribution < 1.29 is 8.22 Å². The van der Waals surface area contributed by atoms with E-state index in [2.05, 4.69) is 15.5 Å². The molecule has 2 bridgehead atoms. The van der Waals surface area contributed by atoms with Crippen molar-refractivity contribution in [1.82, 2.24) is 20.1 Å². The normalized spacial score (nSPS) is 39.1. The van der Waals surface area contributed by atoms with Gasteiger partial charge in [0.1, 0.15) is 11.6 Å². The molecule has 4 nitrogen and oxygen atoms in total. The standard InChI is InChI=1S/C13H22N4/c1-8(2)13-16-15-9(3)17(13)12-6-10-4-5-11(7-12)14-10/h8,10-12,14H,4-7H2,1-3H3/t10-,11+,12?/i1D3,2D3. The highest BCUT2D eigenvalue weighted by atomic mass is 15.3. The number of aryl methyl sites for hydroxylation is 1. The average Bonchev–Trinajstić information content (AvgIpc) is 2.89. The Hall–Kier alpha value is -0.900. The fourth-order valence-corrected chi connectivity index (χ4v) is 3.27. The topological polar surface area (TPSA) is 42.7 Å². The van der Waals surface area contributed by atoms with Crippen LogP contribution in [0.4, 0.5) is 0 Å². The van der Waals surface area contributed by atoms with Gasteiger partial charge in [0.05, 0.1) is 0 Å². The molecule has 2 aliphatic heterocycles. The SMILES string of the molecule is [2H]C([2H])([2H])C(c1nnc(C)n1C1C[C@H]2CC[C@@H](C1)N2)C([2H])([2H])[2H]. The number of rotatable bonds is 2. The summed E-state index contributed by atoms with van der Waals surface area (Å²) in [5, 5.41) is 11.5. The molecule has 2 aliphatic rings. The molecule has 2 saturated heterocycles. The molecule has 1 N–H and O–H groups in total. The predicted molar refractivity (Wildman–Crippen MR) is 67.1 cm³/mol. The Bertz CT molecular complexity index is 552. The molecule has 1 aromatic rings. The smallest absolute Gasteiger partial charge is 0.135 e. The quantitative estimate of drug-likeness (QED) is 0.861. The number of aromatic nitrogens is 3. The van der Waals surface area contributed by atoms with Crippen LogP contribution in [-0.2, 0) is 0 Å². The summed E-state index contributed by atoms with van der Waals surface area (Å²) in [6.07, 6.45) is 3.94. The van der Waals surface area contributed by atoms with Gasteiger partial charge in [-0.1, -0.05) is 13.7 Å². The van der Waals surface area contributed by atoms with Crippen molar-refractivity contribution in [1.29, 1.82) is 0 Å². The van der Waals surface area contributed by atoms with Crippen molar-refractivity contribution in [3.8, 4) is 0 Å². The lowest BCUT2D eigenvalue weighted by Crippen LogP contribution is -2.39. The minimum Gasteiger partial charge on any atom is -0.312 e. The zero-order chi connectivity index (χ0) is 17.0. The van der Waals surface area contributed by atoms with Gasteiger partial charge in [-0.2, -0.15) is 0 Å². The maximum atomic E-state index is 7.67. The van der Waals surface area contributed by atoms with Gasteiger partial charge in [0, 0.05) is 32.3 Å². The molecule has 0 radical (unpaired) electrons. The lowest BCUT2D eigenvalue weighted by molar-refractivity contribution is 0.288. The van der Waals surface area contributed by atoms with E-state index in [1.165, 1.54) is 0 Å². The highest BCUT2D eigenvalue weighted by molar-refractivity contribution is 5.05.